The van der Waals surface area contributed by atoms with E-state index in [4.69, 9.17) is 21.3 Å². The molecule has 1 N–H and O–H groups in total. The number of aromatic nitrogens is 5. The minimum absolute atomic E-state index is 0.0855. The van der Waals surface area contributed by atoms with Gasteiger partial charge in [0.25, 0.3) is 5.91 Å². The van der Waals surface area contributed by atoms with Crippen LogP contribution in [0.25, 0.3) is 33.1 Å². The first kappa shape index (κ1) is 26.1. The molecule has 1 aliphatic rings. The quantitative estimate of drug-likeness (QED) is 0.303. The molecular weight excluding hydrogens is 535 g/mol. The van der Waals surface area contributed by atoms with Gasteiger partial charge in [0.1, 0.15) is 29.0 Å². The summed E-state index contributed by atoms with van der Waals surface area (Å²) in [6.07, 6.45) is 5.21. The van der Waals surface area contributed by atoms with Crippen molar-refractivity contribution in [1.29, 1.82) is 0 Å². The number of hydrogen-bond donors (Lipinski definition) is 1. The zero-order chi connectivity index (χ0) is 28.0. The van der Waals surface area contributed by atoms with Gasteiger partial charge in [-0.25, -0.2) is 19.3 Å². The van der Waals surface area contributed by atoms with Crippen LogP contribution in [0.5, 0.6) is 11.8 Å². The Morgan fingerprint density at radius 2 is 1.85 bits per heavy atom. The third-order valence-corrected chi connectivity index (χ3v) is 7.57. The van der Waals surface area contributed by atoms with Crippen LogP contribution >= 0.6 is 11.6 Å². The molecule has 3 aromatic heterocycles. The van der Waals surface area contributed by atoms with Crippen molar-refractivity contribution in [3.05, 3.63) is 71.7 Å². The number of likely N-dealkylation sites (tertiary alicyclic amines) is 1. The zero-order valence-corrected chi connectivity index (χ0v) is 22.6. The summed E-state index contributed by atoms with van der Waals surface area (Å²) in [5.74, 6) is 0.538. The van der Waals surface area contributed by atoms with Gasteiger partial charge in [-0.15, -0.1) is 0 Å². The molecule has 9 nitrogen and oxygen atoms in total. The highest BCUT2D eigenvalue weighted by Crippen LogP contribution is 2.38. The topological polar surface area (TPSA) is 106 Å². The average molecular weight is 561 g/mol. The molecule has 40 heavy (non-hydrogen) atoms. The van der Waals surface area contributed by atoms with Crippen molar-refractivity contribution in [1.82, 2.24) is 29.4 Å². The van der Waals surface area contributed by atoms with E-state index >= 15 is 4.39 Å². The molecule has 0 radical (unpaired) electrons. The maximum absolute atomic E-state index is 15.4. The number of aryl methyl sites for hydroxylation is 1. The Morgan fingerprint density at radius 1 is 1.10 bits per heavy atom. The van der Waals surface area contributed by atoms with E-state index in [2.05, 4.69) is 19.5 Å². The Bertz CT molecular complexity index is 1740. The van der Waals surface area contributed by atoms with Gasteiger partial charge in [0.15, 0.2) is 0 Å². The van der Waals surface area contributed by atoms with Gasteiger partial charge in [0, 0.05) is 60.2 Å². The summed E-state index contributed by atoms with van der Waals surface area (Å²) in [6.45, 7) is 4.50. The summed E-state index contributed by atoms with van der Waals surface area (Å²) in [6, 6.07) is 10.1. The summed E-state index contributed by atoms with van der Waals surface area (Å²) in [5, 5.41) is 10.8. The van der Waals surface area contributed by atoms with Gasteiger partial charge in [-0.2, -0.15) is 0 Å². The molecule has 11 heteroatoms. The fourth-order valence-electron chi connectivity index (χ4n) is 5.40. The summed E-state index contributed by atoms with van der Waals surface area (Å²) in [5.41, 5.74) is 2.92. The predicted molar refractivity (Wildman–Crippen MR) is 149 cm³/mol. The van der Waals surface area contributed by atoms with Crippen LogP contribution in [-0.4, -0.2) is 59.6 Å². The molecule has 204 valence electrons. The van der Waals surface area contributed by atoms with Crippen LogP contribution in [0.2, 0.25) is 5.02 Å². The van der Waals surface area contributed by atoms with Crippen molar-refractivity contribution in [2.24, 2.45) is 0 Å². The summed E-state index contributed by atoms with van der Waals surface area (Å²) < 4.78 is 23.3. The molecule has 2 aromatic carbocycles. The Morgan fingerprint density at radius 3 is 2.55 bits per heavy atom. The lowest BCUT2D eigenvalue weighted by Crippen LogP contribution is -2.43. The molecule has 0 saturated carbocycles. The first-order chi connectivity index (χ1) is 19.3. The van der Waals surface area contributed by atoms with E-state index in [1.165, 1.54) is 13.0 Å². The van der Waals surface area contributed by atoms with Crippen molar-refractivity contribution in [3.63, 3.8) is 0 Å². The highest BCUT2D eigenvalue weighted by atomic mass is 35.5. The van der Waals surface area contributed by atoms with Crippen molar-refractivity contribution < 1.29 is 19.0 Å². The van der Waals surface area contributed by atoms with Crippen molar-refractivity contribution in [2.75, 3.05) is 13.1 Å². The molecular formula is C29H26ClFN6O3. The SMILES string of the molecule is Cc1nc2cnc3cc(F)c(-c4ccc(Oc5ncccn5)cc4Cl)cc3c2n1C1CCN(C(=O)[C@H](C)O)CC1. The molecule has 6 rings (SSSR count). The first-order valence-corrected chi connectivity index (χ1v) is 13.4. The standard InChI is InChI=1S/C29H26ClFN6O3/c1-16(38)28(39)36-10-6-18(7-11-36)37-17(2)35-26-15-34-25-14-24(31)21(13-22(25)27(26)37)20-5-4-19(12-23(20)30)40-29-32-8-3-9-33-29/h3-5,8-9,12-16,18,38H,6-7,10-11H2,1-2H3/t16-/m0/s1. The number of pyridine rings is 1. The third-order valence-electron chi connectivity index (χ3n) is 7.26. The molecule has 0 aliphatic carbocycles. The number of amides is 1. The van der Waals surface area contributed by atoms with E-state index in [0.717, 1.165) is 16.7 Å². The first-order valence-electron chi connectivity index (χ1n) is 13.0. The molecule has 1 fully saturated rings. The van der Waals surface area contributed by atoms with Gasteiger partial charge < -0.3 is 19.3 Å². The van der Waals surface area contributed by atoms with E-state index in [1.807, 2.05) is 6.92 Å². The fraction of sp³-hybridized carbons (Fsp3) is 0.276. The molecule has 0 bridgehead atoms. The molecule has 1 saturated heterocycles. The van der Waals surface area contributed by atoms with E-state index in [-0.39, 0.29) is 18.0 Å². The van der Waals surface area contributed by atoms with Crippen LogP contribution < -0.4 is 4.74 Å². The Balaban J connectivity index is 1.39. The van der Waals surface area contributed by atoms with Gasteiger partial charge in [-0.3, -0.25) is 9.78 Å². The lowest BCUT2D eigenvalue weighted by atomic mass is 10.0. The molecule has 1 atom stereocenters. The smallest absolute Gasteiger partial charge is 0.321 e. The minimum atomic E-state index is -1.02. The van der Waals surface area contributed by atoms with Crippen LogP contribution in [0.4, 0.5) is 4.39 Å². The molecule has 4 heterocycles. The van der Waals surface area contributed by atoms with E-state index in [0.29, 0.717) is 58.9 Å². The average Bonchev–Trinajstić information content (AvgIpc) is 3.29. The number of rotatable bonds is 5. The van der Waals surface area contributed by atoms with Crippen LogP contribution in [0.15, 0.2) is 55.0 Å². The number of ether oxygens (including phenoxy) is 1. The highest BCUT2D eigenvalue weighted by molar-refractivity contribution is 6.33. The molecule has 0 spiro atoms. The van der Waals surface area contributed by atoms with Crippen LogP contribution in [0.3, 0.4) is 0 Å². The van der Waals surface area contributed by atoms with Crippen molar-refractivity contribution in [3.8, 4) is 22.9 Å². The summed E-state index contributed by atoms with van der Waals surface area (Å²) in [7, 11) is 0. The Hall–Kier alpha value is -4.15. The number of hydrogen-bond acceptors (Lipinski definition) is 7. The van der Waals surface area contributed by atoms with Gasteiger partial charge in [0.05, 0.1) is 22.3 Å². The number of imidazole rings is 1. The van der Waals surface area contributed by atoms with Gasteiger partial charge >= 0.3 is 6.01 Å². The minimum Gasteiger partial charge on any atom is -0.424 e. The zero-order valence-electron chi connectivity index (χ0n) is 21.9. The van der Waals surface area contributed by atoms with Crippen LogP contribution in [-0.2, 0) is 4.79 Å². The molecule has 0 unspecified atom stereocenters. The normalized spacial score (nSPS) is 15.1. The van der Waals surface area contributed by atoms with E-state index in [1.54, 1.807) is 53.8 Å². The highest BCUT2D eigenvalue weighted by Gasteiger charge is 2.28. The monoisotopic (exact) mass is 560 g/mol. The number of benzene rings is 2. The van der Waals surface area contributed by atoms with Gasteiger partial charge in [-0.05, 0) is 51.0 Å². The largest absolute Gasteiger partial charge is 0.424 e. The van der Waals surface area contributed by atoms with E-state index in [9.17, 15) is 9.90 Å². The fourth-order valence-corrected chi connectivity index (χ4v) is 5.67. The molecule has 1 amide bonds. The van der Waals surface area contributed by atoms with Crippen molar-refractivity contribution in [2.45, 2.75) is 38.8 Å². The molecule has 5 aromatic rings. The number of halogens is 2. The van der Waals surface area contributed by atoms with E-state index < -0.39 is 11.9 Å². The van der Waals surface area contributed by atoms with Crippen molar-refractivity contribution >= 4 is 39.4 Å². The number of fused-ring (bicyclic) bond motifs is 3. The number of carbonyl (C=O) groups is 1. The summed E-state index contributed by atoms with van der Waals surface area (Å²) in [4.78, 5) is 31.3. The van der Waals surface area contributed by atoms with Crippen LogP contribution in [0.1, 0.15) is 31.6 Å². The second kappa shape index (κ2) is 10.4. The molecule has 1 aliphatic heterocycles. The summed E-state index contributed by atoms with van der Waals surface area (Å²) >= 11 is 6.62. The van der Waals surface area contributed by atoms with Gasteiger partial charge in [-0.1, -0.05) is 11.6 Å². The Labute approximate surface area is 234 Å². The Kier molecular flexibility index (Phi) is 6.81. The van der Waals surface area contributed by atoms with Crippen LogP contribution in [0, 0.1) is 12.7 Å². The number of aliphatic hydroxyl groups excluding tert-OH is 1. The maximum atomic E-state index is 15.4. The van der Waals surface area contributed by atoms with Gasteiger partial charge in [0.2, 0.25) is 0 Å². The second-order valence-electron chi connectivity index (χ2n) is 9.88. The maximum Gasteiger partial charge on any atom is 0.321 e. The second-order valence-corrected chi connectivity index (χ2v) is 10.3. The number of carbonyl (C=O) groups excluding carboxylic acids is 1. The third kappa shape index (κ3) is 4.73. The number of nitrogens with zero attached hydrogens (tertiary/aromatic N) is 6. The lowest BCUT2D eigenvalue weighted by Gasteiger charge is -2.34. The predicted octanol–water partition coefficient (Wildman–Crippen LogP) is 5.48. The lowest BCUT2D eigenvalue weighted by molar-refractivity contribution is -0.140. The number of piperidine rings is 1. The number of aliphatic hydroxyl groups is 1.